The summed E-state index contributed by atoms with van der Waals surface area (Å²) in [6.07, 6.45) is 0. The van der Waals surface area contributed by atoms with Gasteiger partial charge in [-0.05, 0) is 0 Å². The lowest BCUT2D eigenvalue weighted by Crippen LogP contribution is -2.22. The van der Waals surface area contributed by atoms with Crippen LogP contribution in [0.4, 0.5) is 13.2 Å². The van der Waals surface area contributed by atoms with Crippen LogP contribution in [0.15, 0.2) is 16.7 Å². The minimum absolute atomic E-state index is 0.209. The van der Waals surface area contributed by atoms with E-state index in [2.05, 4.69) is 15.5 Å². The lowest BCUT2D eigenvalue weighted by molar-refractivity contribution is 0.412. The Labute approximate surface area is 107 Å². The lowest BCUT2D eigenvalue weighted by atomic mass is 10.2. The Morgan fingerprint density at radius 1 is 1.21 bits per heavy atom. The average molecular weight is 271 g/mol. The SMILES string of the molecule is CC(C)NCc1noc(-c2c(F)cc(F)cc2F)n1. The molecule has 0 saturated heterocycles. The molecule has 4 nitrogen and oxygen atoms in total. The van der Waals surface area contributed by atoms with E-state index in [1.807, 2.05) is 13.8 Å². The van der Waals surface area contributed by atoms with Crippen molar-refractivity contribution >= 4 is 0 Å². The quantitative estimate of drug-likeness (QED) is 0.928. The second kappa shape index (κ2) is 5.40. The second-order valence-corrected chi connectivity index (χ2v) is 4.30. The number of benzene rings is 1. The molecular weight excluding hydrogens is 259 g/mol. The third-order valence-electron chi connectivity index (χ3n) is 2.36. The number of aromatic nitrogens is 2. The molecule has 0 bridgehead atoms. The molecule has 7 heteroatoms. The monoisotopic (exact) mass is 271 g/mol. The summed E-state index contributed by atoms with van der Waals surface area (Å²) in [5.41, 5.74) is -0.523. The van der Waals surface area contributed by atoms with E-state index in [0.29, 0.717) is 18.7 Å². The van der Waals surface area contributed by atoms with E-state index >= 15 is 0 Å². The molecule has 1 aromatic carbocycles. The van der Waals surface area contributed by atoms with Crippen LogP contribution in [0.25, 0.3) is 11.5 Å². The second-order valence-electron chi connectivity index (χ2n) is 4.30. The molecule has 0 spiro atoms. The van der Waals surface area contributed by atoms with E-state index in [1.54, 1.807) is 0 Å². The molecule has 1 N–H and O–H groups in total. The van der Waals surface area contributed by atoms with Crippen LogP contribution in [-0.4, -0.2) is 16.2 Å². The molecule has 19 heavy (non-hydrogen) atoms. The number of hydrogen-bond acceptors (Lipinski definition) is 4. The first kappa shape index (κ1) is 13.5. The molecular formula is C12H12F3N3O. The van der Waals surface area contributed by atoms with Gasteiger partial charge < -0.3 is 9.84 Å². The van der Waals surface area contributed by atoms with E-state index < -0.39 is 23.0 Å². The van der Waals surface area contributed by atoms with E-state index in [1.165, 1.54) is 0 Å². The predicted octanol–water partition coefficient (Wildman–Crippen LogP) is 2.65. The molecule has 0 saturated carbocycles. The van der Waals surface area contributed by atoms with E-state index in [0.717, 1.165) is 0 Å². The number of nitrogens with one attached hydrogen (secondary N) is 1. The first-order chi connectivity index (χ1) is 8.97. The first-order valence-corrected chi connectivity index (χ1v) is 5.68. The number of halogens is 3. The van der Waals surface area contributed by atoms with Gasteiger partial charge in [0.1, 0.15) is 23.0 Å². The fourth-order valence-electron chi connectivity index (χ4n) is 1.47. The molecule has 0 fully saturated rings. The van der Waals surface area contributed by atoms with Crippen LogP contribution < -0.4 is 5.32 Å². The Hall–Kier alpha value is -1.89. The first-order valence-electron chi connectivity index (χ1n) is 5.68. The standard InChI is InChI=1S/C12H12F3N3O/c1-6(2)16-5-10-17-12(19-18-10)11-8(14)3-7(13)4-9(11)15/h3-4,6,16H,5H2,1-2H3. The van der Waals surface area contributed by atoms with Gasteiger partial charge in [0.15, 0.2) is 5.82 Å². The normalized spacial score (nSPS) is 11.3. The zero-order valence-electron chi connectivity index (χ0n) is 10.4. The summed E-state index contributed by atoms with van der Waals surface area (Å²) >= 11 is 0. The third kappa shape index (κ3) is 3.11. The molecule has 0 amide bonds. The van der Waals surface area contributed by atoms with Gasteiger partial charge in [-0.1, -0.05) is 19.0 Å². The Morgan fingerprint density at radius 2 is 1.84 bits per heavy atom. The highest BCUT2D eigenvalue weighted by atomic mass is 19.1. The largest absolute Gasteiger partial charge is 0.334 e. The third-order valence-corrected chi connectivity index (χ3v) is 2.36. The predicted molar refractivity (Wildman–Crippen MR) is 61.6 cm³/mol. The molecule has 0 aliphatic carbocycles. The van der Waals surface area contributed by atoms with Gasteiger partial charge in [-0.2, -0.15) is 4.98 Å². The molecule has 1 heterocycles. The highest BCUT2D eigenvalue weighted by molar-refractivity contribution is 5.54. The molecule has 2 rings (SSSR count). The summed E-state index contributed by atoms with van der Waals surface area (Å²) in [4.78, 5) is 3.86. The summed E-state index contributed by atoms with van der Waals surface area (Å²) in [5.74, 6) is -3.20. The van der Waals surface area contributed by atoms with Gasteiger partial charge >= 0.3 is 0 Å². The van der Waals surface area contributed by atoms with Gasteiger partial charge in [0.25, 0.3) is 5.89 Å². The maximum atomic E-state index is 13.5. The summed E-state index contributed by atoms with van der Waals surface area (Å²) in [6.45, 7) is 4.17. The van der Waals surface area contributed by atoms with Crippen LogP contribution in [0.3, 0.4) is 0 Å². The van der Waals surface area contributed by atoms with Crippen LogP contribution in [0, 0.1) is 17.5 Å². The smallest absolute Gasteiger partial charge is 0.263 e. The van der Waals surface area contributed by atoms with Gasteiger partial charge in [-0.3, -0.25) is 0 Å². The molecule has 0 radical (unpaired) electrons. The van der Waals surface area contributed by atoms with Gasteiger partial charge in [-0.15, -0.1) is 0 Å². The minimum atomic E-state index is -1.08. The highest BCUT2D eigenvalue weighted by Crippen LogP contribution is 2.25. The van der Waals surface area contributed by atoms with Gasteiger partial charge in [0.05, 0.1) is 6.54 Å². The highest BCUT2D eigenvalue weighted by Gasteiger charge is 2.19. The summed E-state index contributed by atoms with van der Waals surface area (Å²) in [7, 11) is 0. The van der Waals surface area contributed by atoms with E-state index in [4.69, 9.17) is 4.52 Å². The Morgan fingerprint density at radius 3 is 2.42 bits per heavy atom. The Bertz CT molecular complexity index is 560. The minimum Gasteiger partial charge on any atom is -0.334 e. The maximum absolute atomic E-state index is 13.5. The maximum Gasteiger partial charge on any atom is 0.263 e. The van der Waals surface area contributed by atoms with Crippen molar-refractivity contribution < 1.29 is 17.7 Å². The lowest BCUT2D eigenvalue weighted by Gasteiger charge is -2.03. The van der Waals surface area contributed by atoms with E-state index in [-0.39, 0.29) is 17.8 Å². The molecule has 0 unspecified atom stereocenters. The summed E-state index contributed by atoms with van der Waals surface area (Å²) in [5, 5.41) is 6.63. The van der Waals surface area contributed by atoms with Crippen molar-refractivity contribution in [2.24, 2.45) is 0 Å². The van der Waals surface area contributed by atoms with Crippen LogP contribution in [-0.2, 0) is 6.54 Å². The number of rotatable bonds is 4. The molecule has 1 aromatic heterocycles. The van der Waals surface area contributed by atoms with Gasteiger partial charge in [0.2, 0.25) is 0 Å². The van der Waals surface area contributed by atoms with Crippen molar-refractivity contribution in [1.82, 2.24) is 15.5 Å². The Balaban J connectivity index is 2.28. The average Bonchev–Trinajstić information content (AvgIpc) is 2.73. The van der Waals surface area contributed by atoms with Crippen molar-refractivity contribution in [3.05, 3.63) is 35.4 Å². The fraction of sp³-hybridized carbons (Fsp3) is 0.333. The van der Waals surface area contributed by atoms with Crippen molar-refractivity contribution in [3.8, 4) is 11.5 Å². The van der Waals surface area contributed by atoms with Gasteiger partial charge in [-0.25, -0.2) is 13.2 Å². The number of hydrogen-bond donors (Lipinski definition) is 1. The van der Waals surface area contributed by atoms with Crippen LogP contribution in [0.5, 0.6) is 0 Å². The topological polar surface area (TPSA) is 51.0 Å². The molecule has 2 aromatic rings. The zero-order valence-corrected chi connectivity index (χ0v) is 10.4. The van der Waals surface area contributed by atoms with Gasteiger partial charge in [0, 0.05) is 18.2 Å². The van der Waals surface area contributed by atoms with Crippen molar-refractivity contribution in [1.29, 1.82) is 0 Å². The van der Waals surface area contributed by atoms with Crippen molar-refractivity contribution in [2.75, 3.05) is 0 Å². The summed E-state index contributed by atoms with van der Waals surface area (Å²) in [6, 6.07) is 1.34. The van der Waals surface area contributed by atoms with E-state index in [9.17, 15) is 13.2 Å². The molecule has 0 aliphatic heterocycles. The summed E-state index contributed by atoms with van der Waals surface area (Å²) < 4.78 is 44.6. The molecule has 102 valence electrons. The van der Waals surface area contributed by atoms with Crippen LogP contribution >= 0.6 is 0 Å². The molecule has 0 aliphatic rings. The zero-order chi connectivity index (χ0) is 14.0. The van der Waals surface area contributed by atoms with Crippen LogP contribution in [0.2, 0.25) is 0 Å². The molecule has 0 atom stereocenters. The van der Waals surface area contributed by atoms with Crippen molar-refractivity contribution in [2.45, 2.75) is 26.4 Å². The van der Waals surface area contributed by atoms with Crippen molar-refractivity contribution in [3.63, 3.8) is 0 Å². The Kier molecular flexibility index (Phi) is 3.84. The fourth-order valence-corrected chi connectivity index (χ4v) is 1.47. The van der Waals surface area contributed by atoms with Crippen LogP contribution in [0.1, 0.15) is 19.7 Å². The number of nitrogens with zero attached hydrogens (tertiary/aromatic N) is 2.